The first kappa shape index (κ1) is 7.87. The van der Waals surface area contributed by atoms with E-state index in [2.05, 4.69) is 20.8 Å². The summed E-state index contributed by atoms with van der Waals surface area (Å²) in [5, 5.41) is 0. The minimum Gasteiger partial charge on any atom is -0.472 e. The van der Waals surface area contributed by atoms with Crippen LogP contribution in [0.1, 0.15) is 26.3 Å². The summed E-state index contributed by atoms with van der Waals surface area (Å²) < 4.78 is 5.07. The Bertz CT molecular complexity index is 289. The van der Waals surface area contributed by atoms with Crippen LogP contribution in [0.5, 0.6) is 0 Å². The van der Waals surface area contributed by atoms with Crippen molar-refractivity contribution in [1.82, 2.24) is 0 Å². The fourth-order valence-corrected chi connectivity index (χ4v) is 2.14. The van der Waals surface area contributed by atoms with E-state index in [1.807, 2.05) is 6.07 Å². The number of rotatable bonds is 1. The summed E-state index contributed by atoms with van der Waals surface area (Å²) in [7, 11) is 0. The molecule has 1 aliphatic rings. The van der Waals surface area contributed by atoms with Gasteiger partial charge in [0.1, 0.15) is 0 Å². The Morgan fingerprint density at radius 2 is 2.00 bits per heavy atom. The summed E-state index contributed by atoms with van der Waals surface area (Å²) >= 11 is 0. The molecule has 12 heavy (non-hydrogen) atoms. The van der Waals surface area contributed by atoms with Gasteiger partial charge in [0.05, 0.1) is 12.5 Å². The Hall–Kier alpha value is -0.760. The maximum Gasteiger partial charge on any atom is 0.0940 e. The second kappa shape index (κ2) is 1.94. The topological polar surface area (TPSA) is 39.2 Å². The molecule has 0 radical (unpaired) electrons. The molecule has 66 valence electrons. The summed E-state index contributed by atoms with van der Waals surface area (Å²) in [5.74, 6) is 0. The molecule has 2 unspecified atom stereocenters. The van der Waals surface area contributed by atoms with E-state index in [9.17, 15) is 0 Å². The molecule has 1 aromatic heterocycles. The molecule has 2 atom stereocenters. The molecule has 2 rings (SSSR count). The molecule has 0 bridgehead atoms. The van der Waals surface area contributed by atoms with Crippen molar-refractivity contribution in [3.8, 4) is 0 Å². The highest BCUT2D eigenvalue weighted by Gasteiger charge is 2.67. The molecule has 0 amide bonds. The van der Waals surface area contributed by atoms with Gasteiger partial charge in [0, 0.05) is 11.5 Å². The van der Waals surface area contributed by atoms with Gasteiger partial charge >= 0.3 is 0 Å². The standard InChI is InChI=1S/C10H15NO/c1-9(2)8(11)10(9,3)7-4-5-12-6-7/h4-6,8H,11H2,1-3H3. The van der Waals surface area contributed by atoms with E-state index < -0.39 is 0 Å². The lowest BCUT2D eigenvalue weighted by Crippen LogP contribution is -2.13. The van der Waals surface area contributed by atoms with Gasteiger partial charge in [-0.1, -0.05) is 20.8 Å². The number of furan rings is 1. The number of hydrogen-bond donors (Lipinski definition) is 1. The second-order valence-electron chi connectivity index (χ2n) is 4.41. The van der Waals surface area contributed by atoms with Gasteiger partial charge in [-0.05, 0) is 17.0 Å². The summed E-state index contributed by atoms with van der Waals surface area (Å²) in [6.07, 6.45) is 3.51. The van der Waals surface area contributed by atoms with E-state index in [1.165, 1.54) is 5.56 Å². The zero-order valence-corrected chi connectivity index (χ0v) is 7.79. The smallest absolute Gasteiger partial charge is 0.0940 e. The van der Waals surface area contributed by atoms with Crippen molar-refractivity contribution >= 4 is 0 Å². The fourth-order valence-electron chi connectivity index (χ4n) is 2.14. The highest BCUT2D eigenvalue weighted by Crippen LogP contribution is 2.62. The molecule has 1 heterocycles. The van der Waals surface area contributed by atoms with Gasteiger partial charge < -0.3 is 10.2 Å². The summed E-state index contributed by atoms with van der Waals surface area (Å²) in [6.45, 7) is 6.60. The van der Waals surface area contributed by atoms with Gasteiger partial charge in [0.2, 0.25) is 0 Å². The molecular weight excluding hydrogens is 150 g/mol. The molecule has 1 aliphatic carbocycles. The first-order valence-corrected chi connectivity index (χ1v) is 4.29. The van der Waals surface area contributed by atoms with E-state index in [-0.39, 0.29) is 16.9 Å². The molecule has 1 fully saturated rings. The molecule has 2 nitrogen and oxygen atoms in total. The molecule has 0 aliphatic heterocycles. The van der Waals surface area contributed by atoms with E-state index in [1.54, 1.807) is 12.5 Å². The van der Waals surface area contributed by atoms with Gasteiger partial charge in [0.15, 0.2) is 0 Å². The van der Waals surface area contributed by atoms with Gasteiger partial charge in [-0.3, -0.25) is 0 Å². The van der Waals surface area contributed by atoms with Crippen LogP contribution < -0.4 is 5.73 Å². The van der Waals surface area contributed by atoms with Crippen molar-refractivity contribution in [3.05, 3.63) is 24.2 Å². The zero-order chi connectivity index (χ0) is 8.98. The molecule has 1 aromatic rings. The lowest BCUT2D eigenvalue weighted by atomic mass is 9.92. The maximum absolute atomic E-state index is 6.03. The minimum atomic E-state index is 0.111. The van der Waals surface area contributed by atoms with Crippen molar-refractivity contribution < 1.29 is 4.42 Å². The maximum atomic E-state index is 6.03. The third-order valence-electron chi connectivity index (χ3n) is 3.78. The van der Waals surface area contributed by atoms with Gasteiger partial charge in [-0.25, -0.2) is 0 Å². The van der Waals surface area contributed by atoms with Gasteiger partial charge in [-0.2, -0.15) is 0 Å². The molecular formula is C10H15NO. The number of nitrogens with two attached hydrogens (primary N) is 1. The average molecular weight is 165 g/mol. The van der Waals surface area contributed by atoms with Crippen LogP contribution in [0.3, 0.4) is 0 Å². The van der Waals surface area contributed by atoms with Crippen molar-refractivity contribution in [2.24, 2.45) is 11.1 Å². The fraction of sp³-hybridized carbons (Fsp3) is 0.600. The summed E-state index contributed by atoms with van der Waals surface area (Å²) in [5.41, 5.74) is 7.57. The normalized spacial score (nSPS) is 38.2. The lowest BCUT2D eigenvalue weighted by Gasteiger charge is -2.10. The SMILES string of the molecule is CC1(C)C(N)C1(C)c1ccoc1. The average Bonchev–Trinajstić information content (AvgIpc) is 2.53. The third kappa shape index (κ3) is 0.643. The van der Waals surface area contributed by atoms with Crippen LogP contribution in [0.4, 0.5) is 0 Å². The van der Waals surface area contributed by atoms with E-state index in [0.29, 0.717) is 0 Å². The van der Waals surface area contributed by atoms with E-state index in [0.717, 1.165) is 0 Å². The van der Waals surface area contributed by atoms with Crippen LogP contribution in [0.2, 0.25) is 0 Å². The number of hydrogen-bond acceptors (Lipinski definition) is 2. The Balaban J connectivity index is 2.39. The van der Waals surface area contributed by atoms with Crippen LogP contribution in [-0.2, 0) is 5.41 Å². The molecule has 2 heteroatoms. The summed E-state index contributed by atoms with van der Waals surface area (Å²) in [6, 6.07) is 2.26. The predicted molar refractivity (Wildman–Crippen MR) is 47.8 cm³/mol. The van der Waals surface area contributed by atoms with Gasteiger partial charge in [-0.15, -0.1) is 0 Å². The Morgan fingerprint density at radius 1 is 1.42 bits per heavy atom. The third-order valence-corrected chi connectivity index (χ3v) is 3.78. The zero-order valence-electron chi connectivity index (χ0n) is 7.79. The molecule has 0 aromatic carbocycles. The van der Waals surface area contributed by atoms with Crippen LogP contribution in [-0.4, -0.2) is 6.04 Å². The summed E-state index contributed by atoms with van der Waals surface area (Å²) in [4.78, 5) is 0. The molecule has 0 saturated heterocycles. The van der Waals surface area contributed by atoms with Crippen LogP contribution in [0.25, 0.3) is 0 Å². The Labute approximate surface area is 72.7 Å². The minimum absolute atomic E-state index is 0.111. The molecule has 0 spiro atoms. The van der Waals surface area contributed by atoms with Crippen LogP contribution in [0, 0.1) is 5.41 Å². The lowest BCUT2D eigenvalue weighted by molar-refractivity contribution is 0.512. The van der Waals surface area contributed by atoms with Crippen molar-refractivity contribution in [2.45, 2.75) is 32.2 Å². The quantitative estimate of drug-likeness (QED) is 0.690. The van der Waals surface area contributed by atoms with Crippen molar-refractivity contribution in [3.63, 3.8) is 0 Å². The Kier molecular flexibility index (Phi) is 1.27. The highest BCUT2D eigenvalue weighted by molar-refractivity contribution is 5.39. The first-order valence-electron chi connectivity index (χ1n) is 4.29. The predicted octanol–water partition coefficient (Wildman–Crippen LogP) is 1.90. The molecule has 1 saturated carbocycles. The molecule has 2 N–H and O–H groups in total. The van der Waals surface area contributed by atoms with Crippen LogP contribution in [0.15, 0.2) is 23.0 Å². The van der Waals surface area contributed by atoms with E-state index in [4.69, 9.17) is 10.2 Å². The van der Waals surface area contributed by atoms with E-state index >= 15 is 0 Å². The Morgan fingerprint density at radius 3 is 2.33 bits per heavy atom. The van der Waals surface area contributed by atoms with Crippen molar-refractivity contribution in [1.29, 1.82) is 0 Å². The van der Waals surface area contributed by atoms with Crippen LogP contribution >= 0.6 is 0 Å². The van der Waals surface area contributed by atoms with Gasteiger partial charge in [0.25, 0.3) is 0 Å². The highest BCUT2D eigenvalue weighted by atomic mass is 16.3. The largest absolute Gasteiger partial charge is 0.472 e. The van der Waals surface area contributed by atoms with Crippen molar-refractivity contribution in [2.75, 3.05) is 0 Å². The second-order valence-corrected chi connectivity index (χ2v) is 4.41. The first-order chi connectivity index (χ1) is 5.51. The monoisotopic (exact) mass is 165 g/mol.